The Morgan fingerprint density at radius 3 is 2.88 bits per heavy atom. The fraction of sp³-hybridized carbons (Fsp3) is 0.333. The van der Waals surface area contributed by atoms with Crippen molar-refractivity contribution < 1.29 is 13.9 Å². The molecule has 0 saturated carbocycles. The number of nitriles is 1. The molecule has 0 heterocycles. The van der Waals surface area contributed by atoms with Gasteiger partial charge < -0.3 is 4.74 Å². The third-order valence-electron chi connectivity index (χ3n) is 1.99. The van der Waals surface area contributed by atoms with Gasteiger partial charge in [-0.3, -0.25) is 0 Å². The second-order valence-electron chi connectivity index (χ2n) is 3.23. The molecule has 0 unspecified atom stereocenters. The molecule has 4 heteroatoms. The normalized spacial score (nSPS) is 9.56. The number of hydrogen-bond acceptors (Lipinski definition) is 3. The molecular formula is C12H12FNO2. The molecule has 0 radical (unpaired) electrons. The molecule has 0 aliphatic heterocycles. The molecule has 16 heavy (non-hydrogen) atoms. The van der Waals surface area contributed by atoms with Gasteiger partial charge in [0.15, 0.2) is 0 Å². The molecule has 0 bridgehead atoms. The topological polar surface area (TPSA) is 50.1 Å². The van der Waals surface area contributed by atoms with E-state index in [0.717, 1.165) is 6.07 Å². The molecule has 0 aliphatic rings. The molecule has 1 rings (SSSR count). The third kappa shape index (κ3) is 3.35. The van der Waals surface area contributed by atoms with Crippen molar-refractivity contribution in [1.29, 1.82) is 5.26 Å². The zero-order valence-electron chi connectivity index (χ0n) is 9.00. The van der Waals surface area contributed by atoms with Gasteiger partial charge in [-0.2, -0.15) is 5.26 Å². The maximum atomic E-state index is 13.2. The lowest BCUT2D eigenvalue weighted by atomic mass is 10.1. The van der Waals surface area contributed by atoms with E-state index in [-0.39, 0.29) is 12.2 Å². The first-order valence-electron chi connectivity index (χ1n) is 5.01. The van der Waals surface area contributed by atoms with Gasteiger partial charge in [-0.05, 0) is 37.1 Å². The van der Waals surface area contributed by atoms with Crippen LogP contribution in [-0.2, 0) is 11.2 Å². The standard InChI is InChI=1S/C12H12FNO2/c1-2-16-12(15)10-6-9(4-3-5-14)7-11(13)8-10/h6-8H,2-4H2,1H3. The van der Waals surface area contributed by atoms with Gasteiger partial charge in [0.2, 0.25) is 0 Å². The number of carbonyl (C=O) groups is 1. The highest BCUT2D eigenvalue weighted by Crippen LogP contribution is 2.12. The van der Waals surface area contributed by atoms with Gasteiger partial charge >= 0.3 is 5.97 Å². The summed E-state index contributed by atoms with van der Waals surface area (Å²) in [6.45, 7) is 1.94. The van der Waals surface area contributed by atoms with Crippen LogP contribution in [0.15, 0.2) is 18.2 Å². The number of ether oxygens (including phenoxy) is 1. The first-order chi connectivity index (χ1) is 7.67. The number of halogens is 1. The lowest BCUT2D eigenvalue weighted by Crippen LogP contribution is -2.05. The van der Waals surface area contributed by atoms with E-state index in [1.54, 1.807) is 13.0 Å². The highest BCUT2D eigenvalue weighted by molar-refractivity contribution is 5.89. The van der Waals surface area contributed by atoms with E-state index in [9.17, 15) is 9.18 Å². The van der Waals surface area contributed by atoms with Crippen molar-refractivity contribution in [3.05, 3.63) is 35.1 Å². The van der Waals surface area contributed by atoms with Crippen molar-refractivity contribution in [3.8, 4) is 6.07 Å². The first kappa shape index (κ1) is 12.2. The number of rotatable bonds is 4. The van der Waals surface area contributed by atoms with E-state index >= 15 is 0 Å². The Morgan fingerprint density at radius 1 is 1.50 bits per heavy atom. The second kappa shape index (κ2) is 5.86. The Bertz CT molecular complexity index is 424. The Labute approximate surface area is 93.5 Å². The van der Waals surface area contributed by atoms with E-state index in [1.807, 2.05) is 6.07 Å². The van der Waals surface area contributed by atoms with Crippen LogP contribution in [-0.4, -0.2) is 12.6 Å². The molecular weight excluding hydrogens is 209 g/mol. The van der Waals surface area contributed by atoms with Crippen molar-refractivity contribution in [1.82, 2.24) is 0 Å². The van der Waals surface area contributed by atoms with Gasteiger partial charge in [0, 0.05) is 6.42 Å². The quantitative estimate of drug-likeness (QED) is 0.734. The number of benzene rings is 1. The highest BCUT2D eigenvalue weighted by Gasteiger charge is 2.09. The molecule has 0 spiro atoms. The largest absolute Gasteiger partial charge is 0.462 e. The van der Waals surface area contributed by atoms with E-state index in [0.29, 0.717) is 18.4 Å². The lowest BCUT2D eigenvalue weighted by molar-refractivity contribution is 0.0525. The van der Waals surface area contributed by atoms with Crippen LogP contribution in [0, 0.1) is 17.1 Å². The van der Waals surface area contributed by atoms with Crippen molar-refractivity contribution in [2.45, 2.75) is 19.8 Å². The predicted octanol–water partition coefficient (Wildman–Crippen LogP) is 2.46. The lowest BCUT2D eigenvalue weighted by Gasteiger charge is -2.04. The first-order valence-corrected chi connectivity index (χ1v) is 5.01. The van der Waals surface area contributed by atoms with Crippen LogP contribution in [0.3, 0.4) is 0 Å². The fourth-order valence-corrected chi connectivity index (χ4v) is 1.33. The molecule has 0 aromatic heterocycles. The number of hydrogen-bond donors (Lipinski definition) is 0. The number of esters is 1. The predicted molar refractivity (Wildman–Crippen MR) is 56.3 cm³/mol. The summed E-state index contributed by atoms with van der Waals surface area (Å²) in [5.41, 5.74) is 0.819. The van der Waals surface area contributed by atoms with Gasteiger partial charge in [-0.1, -0.05) is 0 Å². The summed E-state index contributed by atoms with van der Waals surface area (Å²) < 4.78 is 17.9. The molecule has 0 saturated heterocycles. The monoisotopic (exact) mass is 221 g/mol. The minimum atomic E-state index is -0.541. The van der Waals surface area contributed by atoms with E-state index in [1.165, 1.54) is 6.07 Å². The van der Waals surface area contributed by atoms with Crippen LogP contribution in [0.5, 0.6) is 0 Å². The summed E-state index contributed by atoms with van der Waals surface area (Å²) in [4.78, 5) is 11.4. The third-order valence-corrected chi connectivity index (χ3v) is 1.99. The molecule has 1 aromatic rings. The fourth-order valence-electron chi connectivity index (χ4n) is 1.33. The molecule has 0 amide bonds. The van der Waals surface area contributed by atoms with E-state index in [4.69, 9.17) is 10.00 Å². The SMILES string of the molecule is CCOC(=O)c1cc(F)cc(CCC#N)c1. The van der Waals surface area contributed by atoms with Crippen molar-refractivity contribution in [2.75, 3.05) is 6.61 Å². The molecule has 0 fully saturated rings. The smallest absolute Gasteiger partial charge is 0.338 e. The van der Waals surface area contributed by atoms with Gasteiger partial charge in [0.25, 0.3) is 0 Å². The van der Waals surface area contributed by atoms with Crippen molar-refractivity contribution >= 4 is 5.97 Å². The van der Waals surface area contributed by atoms with Crippen LogP contribution in [0.1, 0.15) is 29.3 Å². The Hall–Kier alpha value is -1.89. The molecule has 0 aliphatic carbocycles. The molecule has 1 aromatic carbocycles. The summed E-state index contributed by atoms with van der Waals surface area (Å²) >= 11 is 0. The average Bonchev–Trinajstić information content (AvgIpc) is 2.26. The van der Waals surface area contributed by atoms with Gasteiger partial charge in [-0.15, -0.1) is 0 Å². The van der Waals surface area contributed by atoms with Crippen molar-refractivity contribution in [3.63, 3.8) is 0 Å². The average molecular weight is 221 g/mol. The van der Waals surface area contributed by atoms with Gasteiger partial charge in [0.1, 0.15) is 5.82 Å². The zero-order chi connectivity index (χ0) is 12.0. The van der Waals surface area contributed by atoms with Crippen LogP contribution in [0.2, 0.25) is 0 Å². The summed E-state index contributed by atoms with van der Waals surface area (Å²) in [7, 11) is 0. The molecule has 84 valence electrons. The minimum absolute atomic E-state index is 0.190. The molecule has 3 nitrogen and oxygen atoms in total. The van der Waals surface area contributed by atoms with E-state index in [2.05, 4.69) is 0 Å². The summed E-state index contributed by atoms with van der Waals surface area (Å²) in [5.74, 6) is -1.03. The molecule has 0 atom stereocenters. The minimum Gasteiger partial charge on any atom is -0.462 e. The zero-order valence-corrected chi connectivity index (χ0v) is 9.00. The Kier molecular flexibility index (Phi) is 4.46. The highest BCUT2D eigenvalue weighted by atomic mass is 19.1. The molecule has 0 N–H and O–H groups in total. The summed E-state index contributed by atoms with van der Waals surface area (Å²) in [6.07, 6.45) is 0.729. The summed E-state index contributed by atoms with van der Waals surface area (Å²) in [5, 5.41) is 8.42. The number of nitrogens with zero attached hydrogens (tertiary/aromatic N) is 1. The van der Waals surface area contributed by atoms with E-state index < -0.39 is 11.8 Å². The number of carbonyl (C=O) groups excluding carboxylic acids is 1. The van der Waals surface area contributed by atoms with Crippen LogP contribution in [0.4, 0.5) is 4.39 Å². The van der Waals surface area contributed by atoms with Crippen molar-refractivity contribution in [2.24, 2.45) is 0 Å². The van der Waals surface area contributed by atoms with Gasteiger partial charge in [-0.25, -0.2) is 9.18 Å². The Balaban J connectivity index is 2.90. The number of aryl methyl sites for hydroxylation is 1. The van der Waals surface area contributed by atoms with Crippen LogP contribution >= 0.6 is 0 Å². The Morgan fingerprint density at radius 2 is 2.25 bits per heavy atom. The second-order valence-corrected chi connectivity index (χ2v) is 3.23. The summed E-state index contributed by atoms with van der Waals surface area (Å²) in [6, 6.07) is 5.98. The van der Waals surface area contributed by atoms with Crippen LogP contribution in [0.25, 0.3) is 0 Å². The maximum absolute atomic E-state index is 13.2. The van der Waals surface area contributed by atoms with Gasteiger partial charge in [0.05, 0.1) is 18.2 Å². The van der Waals surface area contributed by atoms with Crippen LogP contribution < -0.4 is 0 Å². The maximum Gasteiger partial charge on any atom is 0.338 e.